The maximum absolute atomic E-state index is 11.5. The second kappa shape index (κ2) is 2.96. The van der Waals surface area contributed by atoms with Gasteiger partial charge in [0.1, 0.15) is 0 Å². The van der Waals surface area contributed by atoms with Gasteiger partial charge < -0.3 is 10.6 Å². The van der Waals surface area contributed by atoms with E-state index >= 15 is 0 Å². The van der Waals surface area contributed by atoms with Crippen molar-refractivity contribution < 1.29 is 4.79 Å². The second-order valence-corrected chi connectivity index (χ2v) is 5.69. The van der Waals surface area contributed by atoms with Crippen molar-refractivity contribution in [3.05, 3.63) is 0 Å². The van der Waals surface area contributed by atoms with Gasteiger partial charge in [0.2, 0.25) is 5.91 Å². The average molecular weight is 196 g/mol. The highest BCUT2D eigenvalue weighted by Crippen LogP contribution is 2.45. The van der Waals surface area contributed by atoms with Crippen LogP contribution in [0.15, 0.2) is 0 Å². The third-order valence-electron chi connectivity index (χ3n) is 3.76. The lowest BCUT2D eigenvalue weighted by Crippen LogP contribution is -2.39. The molecular formula is C11H20N2O. The van der Waals surface area contributed by atoms with E-state index in [-0.39, 0.29) is 11.3 Å². The average Bonchev–Trinajstić information content (AvgIpc) is 2.57. The smallest absolute Gasteiger partial charge is 0.227 e. The van der Waals surface area contributed by atoms with Gasteiger partial charge in [0.05, 0.1) is 5.41 Å². The van der Waals surface area contributed by atoms with Gasteiger partial charge in [0, 0.05) is 19.1 Å². The van der Waals surface area contributed by atoms with Gasteiger partial charge in [-0.25, -0.2) is 0 Å². The summed E-state index contributed by atoms with van der Waals surface area (Å²) in [6.45, 7) is 8.25. The number of hydrogen-bond donors (Lipinski definition) is 2. The molecule has 0 aromatic rings. The molecule has 0 radical (unpaired) electrons. The molecule has 1 amide bonds. The van der Waals surface area contributed by atoms with Gasteiger partial charge in [-0.3, -0.25) is 4.79 Å². The highest BCUT2D eigenvalue weighted by atomic mass is 16.2. The molecule has 1 saturated heterocycles. The number of nitrogens with one attached hydrogen (secondary N) is 2. The van der Waals surface area contributed by atoms with Crippen molar-refractivity contribution in [2.24, 2.45) is 10.8 Å². The first kappa shape index (κ1) is 9.97. The quantitative estimate of drug-likeness (QED) is 0.704. The topological polar surface area (TPSA) is 41.1 Å². The summed E-state index contributed by atoms with van der Waals surface area (Å²) < 4.78 is 0. The summed E-state index contributed by atoms with van der Waals surface area (Å²) in [5.41, 5.74) is 0.282. The third kappa shape index (κ3) is 1.65. The lowest BCUT2D eigenvalue weighted by atomic mass is 9.89. The first-order chi connectivity index (χ1) is 6.44. The van der Waals surface area contributed by atoms with E-state index in [0.717, 1.165) is 19.5 Å². The Hall–Kier alpha value is -0.570. The van der Waals surface area contributed by atoms with Gasteiger partial charge in [-0.1, -0.05) is 13.8 Å². The molecule has 1 aliphatic carbocycles. The Bertz CT molecular complexity index is 262. The van der Waals surface area contributed by atoms with Crippen molar-refractivity contribution in [1.82, 2.24) is 10.6 Å². The van der Waals surface area contributed by atoms with E-state index in [9.17, 15) is 4.79 Å². The van der Waals surface area contributed by atoms with Crippen molar-refractivity contribution in [1.29, 1.82) is 0 Å². The standard InChI is InChI=1S/C11H20N2O/c1-10(2)6-8(10)13-7-11(3)4-5-12-9(11)14/h8,13H,4-7H2,1-3H3,(H,12,14). The van der Waals surface area contributed by atoms with Gasteiger partial charge >= 0.3 is 0 Å². The molecule has 14 heavy (non-hydrogen) atoms. The lowest BCUT2D eigenvalue weighted by molar-refractivity contribution is -0.126. The Balaban J connectivity index is 1.83. The van der Waals surface area contributed by atoms with Crippen molar-refractivity contribution in [3.63, 3.8) is 0 Å². The number of hydrogen-bond acceptors (Lipinski definition) is 2. The molecule has 1 heterocycles. The van der Waals surface area contributed by atoms with Crippen LogP contribution < -0.4 is 10.6 Å². The van der Waals surface area contributed by atoms with E-state index < -0.39 is 0 Å². The molecule has 2 atom stereocenters. The van der Waals surface area contributed by atoms with Crippen LogP contribution in [0, 0.1) is 10.8 Å². The summed E-state index contributed by atoms with van der Waals surface area (Å²) >= 11 is 0. The van der Waals surface area contributed by atoms with E-state index in [0.29, 0.717) is 11.5 Å². The summed E-state index contributed by atoms with van der Waals surface area (Å²) in [4.78, 5) is 11.5. The van der Waals surface area contributed by atoms with E-state index in [1.54, 1.807) is 0 Å². The van der Waals surface area contributed by atoms with Crippen LogP contribution in [-0.4, -0.2) is 25.0 Å². The fourth-order valence-corrected chi connectivity index (χ4v) is 2.11. The molecule has 2 aliphatic rings. The molecule has 0 spiro atoms. The molecule has 80 valence electrons. The van der Waals surface area contributed by atoms with Crippen LogP contribution in [0.3, 0.4) is 0 Å². The van der Waals surface area contributed by atoms with Crippen LogP contribution in [0.1, 0.15) is 33.6 Å². The zero-order chi connectivity index (χ0) is 10.4. The van der Waals surface area contributed by atoms with Crippen LogP contribution in [0.5, 0.6) is 0 Å². The number of rotatable bonds is 3. The maximum atomic E-state index is 11.5. The Labute approximate surface area is 85.6 Å². The highest BCUT2D eigenvalue weighted by Gasteiger charge is 2.47. The number of amides is 1. The molecule has 3 nitrogen and oxygen atoms in total. The number of carbonyl (C=O) groups is 1. The van der Waals surface area contributed by atoms with E-state index in [2.05, 4.69) is 31.4 Å². The zero-order valence-electron chi connectivity index (χ0n) is 9.31. The summed E-state index contributed by atoms with van der Waals surface area (Å²) in [7, 11) is 0. The minimum atomic E-state index is -0.168. The lowest BCUT2D eigenvalue weighted by Gasteiger charge is -2.21. The summed E-state index contributed by atoms with van der Waals surface area (Å²) in [6, 6.07) is 0.618. The fourth-order valence-electron chi connectivity index (χ4n) is 2.11. The van der Waals surface area contributed by atoms with Crippen LogP contribution in [-0.2, 0) is 4.79 Å². The molecule has 2 unspecified atom stereocenters. The maximum Gasteiger partial charge on any atom is 0.227 e. The fraction of sp³-hybridized carbons (Fsp3) is 0.909. The molecule has 0 aromatic heterocycles. The zero-order valence-corrected chi connectivity index (χ0v) is 9.31. The predicted octanol–water partition coefficient (Wildman–Crippen LogP) is 0.901. The van der Waals surface area contributed by atoms with Gasteiger partial charge in [-0.15, -0.1) is 0 Å². The summed E-state index contributed by atoms with van der Waals surface area (Å²) in [5, 5.41) is 6.39. The number of carbonyl (C=O) groups excluding carboxylic acids is 1. The first-order valence-corrected chi connectivity index (χ1v) is 5.46. The Kier molecular flexibility index (Phi) is 2.11. The minimum absolute atomic E-state index is 0.168. The summed E-state index contributed by atoms with van der Waals surface area (Å²) in [6.07, 6.45) is 2.21. The van der Waals surface area contributed by atoms with Crippen molar-refractivity contribution >= 4 is 5.91 Å². The molecule has 0 bridgehead atoms. The molecule has 2 rings (SSSR count). The van der Waals surface area contributed by atoms with E-state index in [1.807, 2.05) is 0 Å². The highest BCUT2D eigenvalue weighted by molar-refractivity contribution is 5.84. The third-order valence-corrected chi connectivity index (χ3v) is 3.76. The molecule has 0 aromatic carbocycles. The van der Waals surface area contributed by atoms with Crippen LogP contribution in [0.25, 0.3) is 0 Å². The van der Waals surface area contributed by atoms with Crippen molar-refractivity contribution in [2.45, 2.75) is 39.7 Å². The van der Waals surface area contributed by atoms with Gasteiger partial charge in [-0.05, 0) is 25.2 Å². The summed E-state index contributed by atoms with van der Waals surface area (Å²) in [5.74, 6) is 0.212. The Morgan fingerprint density at radius 2 is 2.14 bits per heavy atom. The van der Waals surface area contributed by atoms with Crippen LogP contribution >= 0.6 is 0 Å². The van der Waals surface area contributed by atoms with Crippen molar-refractivity contribution in [2.75, 3.05) is 13.1 Å². The predicted molar refractivity (Wildman–Crippen MR) is 55.9 cm³/mol. The van der Waals surface area contributed by atoms with Gasteiger partial charge in [0.15, 0.2) is 0 Å². The molecular weight excluding hydrogens is 176 g/mol. The first-order valence-electron chi connectivity index (χ1n) is 5.46. The van der Waals surface area contributed by atoms with Gasteiger partial charge in [0.25, 0.3) is 0 Å². The second-order valence-electron chi connectivity index (χ2n) is 5.69. The van der Waals surface area contributed by atoms with Gasteiger partial charge in [-0.2, -0.15) is 0 Å². The molecule has 2 N–H and O–H groups in total. The molecule has 1 aliphatic heterocycles. The molecule has 2 fully saturated rings. The largest absolute Gasteiger partial charge is 0.356 e. The molecule has 3 heteroatoms. The van der Waals surface area contributed by atoms with E-state index in [1.165, 1.54) is 6.42 Å². The SMILES string of the molecule is CC1(CNC2CC2(C)C)CCNC1=O. The van der Waals surface area contributed by atoms with E-state index in [4.69, 9.17) is 0 Å². The van der Waals surface area contributed by atoms with Crippen molar-refractivity contribution in [3.8, 4) is 0 Å². The monoisotopic (exact) mass is 196 g/mol. The van der Waals surface area contributed by atoms with Crippen LogP contribution in [0.4, 0.5) is 0 Å². The normalized spacial score (nSPS) is 39.6. The minimum Gasteiger partial charge on any atom is -0.356 e. The Morgan fingerprint density at radius 3 is 2.57 bits per heavy atom. The molecule has 1 saturated carbocycles. The Morgan fingerprint density at radius 1 is 1.50 bits per heavy atom. The van der Waals surface area contributed by atoms with Crippen LogP contribution in [0.2, 0.25) is 0 Å².